The van der Waals surface area contributed by atoms with E-state index in [9.17, 15) is 4.79 Å². The van der Waals surface area contributed by atoms with Gasteiger partial charge >= 0.3 is 0 Å². The summed E-state index contributed by atoms with van der Waals surface area (Å²) in [5, 5.41) is 3.13. The van der Waals surface area contributed by atoms with E-state index in [1.165, 1.54) is 0 Å². The van der Waals surface area contributed by atoms with Gasteiger partial charge in [0.25, 0.3) is 0 Å². The minimum Gasteiger partial charge on any atom is -0.370 e. The van der Waals surface area contributed by atoms with Crippen molar-refractivity contribution in [3.8, 4) is 11.8 Å². The standard InChI is InChI=1S/C9H16N2O/c1-2-3-7-11-8-5-4-6-9(10)12/h11H,4-8H2,1H3,(H2,10,12). The van der Waals surface area contributed by atoms with Gasteiger partial charge in [0.05, 0.1) is 6.54 Å². The number of hydrogen-bond donors (Lipinski definition) is 2. The summed E-state index contributed by atoms with van der Waals surface area (Å²) < 4.78 is 0. The Morgan fingerprint density at radius 2 is 2.25 bits per heavy atom. The molecule has 1 amide bonds. The monoisotopic (exact) mass is 168 g/mol. The Morgan fingerprint density at radius 1 is 1.50 bits per heavy atom. The molecule has 12 heavy (non-hydrogen) atoms. The zero-order valence-corrected chi connectivity index (χ0v) is 7.52. The summed E-state index contributed by atoms with van der Waals surface area (Å²) in [7, 11) is 0. The average molecular weight is 168 g/mol. The molecule has 0 radical (unpaired) electrons. The van der Waals surface area contributed by atoms with Crippen LogP contribution in [0.2, 0.25) is 0 Å². The van der Waals surface area contributed by atoms with Crippen molar-refractivity contribution < 1.29 is 4.79 Å². The Hall–Kier alpha value is -1.01. The molecule has 0 saturated heterocycles. The van der Waals surface area contributed by atoms with E-state index in [2.05, 4.69) is 17.2 Å². The molecule has 0 bridgehead atoms. The average Bonchev–Trinajstić information content (AvgIpc) is 2.02. The molecular weight excluding hydrogens is 152 g/mol. The van der Waals surface area contributed by atoms with Crippen LogP contribution < -0.4 is 11.1 Å². The van der Waals surface area contributed by atoms with E-state index >= 15 is 0 Å². The second kappa shape index (κ2) is 8.09. The van der Waals surface area contributed by atoms with Crippen molar-refractivity contribution in [3.63, 3.8) is 0 Å². The first kappa shape index (κ1) is 11.0. The Bertz CT molecular complexity index is 179. The highest BCUT2D eigenvalue weighted by atomic mass is 16.1. The smallest absolute Gasteiger partial charge is 0.217 e. The molecule has 0 aromatic rings. The summed E-state index contributed by atoms with van der Waals surface area (Å²) in [6.45, 7) is 3.45. The van der Waals surface area contributed by atoms with Gasteiger partial charge in [0, 0.05) is 6.42 Å². The van der Waals surface area contributed by atoms with Crippen LogP contribution in [0.15, 0.2) is 0 Å². The van der Waals surface area contributed by atoms with Crippen LogP contribution in [0.1, 0.15) is 26.2 Å². The molecule has 3 N–H and O–H groups in total. The van der Waals surface area contributed by atoms with Crippen molar-refractivity contribution in [2.75, 3.05) is 13.1 Å². The third kappa shape index (κ3) is 8.99. The summed E-state index contributed by atoms with van der Waals surface area (Å²) in [4.78, 5) is 10.3. The van der Waals surface area contributed by atoms with Crippen molar-refractivity contribution in [1.29, 1.82) is 0 Å². The number of primary amides is 1. The molecule has 0 saturated carbocycles. The minimum atomic E-state index is -0.219. The summed E-state index contributed by atoms with van der Waals surface area (Å²) >= 11 is 0. The van der Waals surface area contributed by atoms with Crippen molar-refractivity contribution in [2.24, 2.45) is 5.73 Å². The van der Waals surface area contributed by atoms with Gasteiger partial charge in [-0.25, -0.2) is 0 Å². The van der Waals surface area contributed by atoms with Crippen LogP contribution in [-0.2, 0) is 4.79 Å². The van der Waals surface area contributed by atoms with E-state index < -0.39 is 0 Å². The number of unbranched alkanes of at least 4 members (excludes halogenated alkanes) is 1. The normalized spacial score (nSPS) is 8.75. The van der Waals surface area contributed by atoms with E-state index in [1.54, 1.807) is 0 Å². The molecule has 0 atom stereocenters. The molecule has 0 aliphatic carbocycles. The van der Waals surface area contributed by atoms with Gasteiger partial charge in [0.15, 0.2) is 0 Å². The van der Waals surface area contributed by atoms with Crippen LogP contribution in [0.3, 0.4) is 0 Å². The highest BCUT2D eigenvalue weighted by Gasteiger charge is 1.92. The van der Waals surface area contributed by atoms with Crippen molar-refractivity contribution in [2.45, 2.75) is 26.2 Å². The van der Waals surface area contributed by atoms with Crippen molar-refractivity contribution >= 4 is 5.91 Å². The van der Waals surface area contributed by atoms with Gasteiger partial charge in [0.1, 0.15) is 0 Å². The first-order chi connectivity index (χ1) is 5.77. The second-order valence-electron chi connectivity index (χ2n) is 2.53. The Morgan fingerprint density at radius 3 is 2.83 bits per heavy atom. The third-order valence-corrected chi connectivity index (χ3v) is 1.42. The molecule has 0 fully saturated rings. The van der Waals surface area contributed by atoms with E-state index in [-0.39, 0.29) is 5.91 Å². The molecule has 0 rings (SSSR count). The maximum Gasteiger partial charge on any atom is 0.217 e. The van der Waals surface area contributed by atoms with Crippen LogP contribution in [0.4, 0.5) is 0 Å². The van der Waals surface area contributed by atoms with Crippen LogP contribution >= 0.6 is 0 Å². The van der Waals surface area contributed by atoms with Crippen LogP contribution in [-0.4, -0.2) is 19.0 Å². The first-order valence-electron chi connectivity index (χ1n) is 4.16. The fraction of sp³-hybridized carbons (Fsp3) is 0.667. The molecule has 3 nitrogen and oxygen atoms in total. The number of nitrogens with two attached hydrogens (primary N) is 1. The van der Waals surface area contributed by atoms with Gasteiger partial charge in [-0.1, -0.05) is 5.92 Å². The Balaban J connectivity index is 2.99. The molecule has 0 aliphatic rings. The molecule has 0 aromatic carbocycles. The molecular formula is C9H16N2O. The van der Waals surface area contributed by atoms with Crippen molar-refractivity contribution in [1.82, 2.24) is 5.32 Å². The molecule has 0 unspecified atom stereocenters. The second-order valence-corrected chi connectivity index (χ2v) is 2.53. The summed E-state index contributed by atoms with van der Waals surface area (Å²) in [5.74, 6) is 5.47. The van der Waals surface area contributed by atoms with Crippen LogP contribution in [0.25, 0.3) is 0 Å². The van der Waals surface area contributed by atoms with E-state index in [1.807, 2.05) is 6.92 Å². The van der Waals surface area contributed by atoms with E-state index in [4.69, 9.17) is 5.73 Å². The number of rotatable bonds is 6. The summed E-state index contributed by atoms with van der Waals surface area (Å²) in [6, 6.07) is 0. The zero-order valence-electron chi connectivity index (χ0n) is 7.52. The maximum atomic E-state index is 10.3. The lowest BCUT2D eigenvalue weighted by molar-refractivity contribution is -0.118. The Labute approximate surface area is 73.7 Å². The predicted molar refractivity (Wildman–Crippen MR) is 49.4 cm³/mol. The van der Waals surface area contributed by atoms with Gasteiger partial charge in [-0.15, -0.1) is 5.92 Å². The third-order valence-electron chi connectivity index (χ3n) is 1.42. The van der Waals surface area contributed by atoms with E-state index in [0.717, 1.165) is 25.9 Å². The van der Waals surface area contributed by atoms with Gasteiger partial charge in [-0.05, 0) is 26.3 Å². The fourth-order valence-electron chi connectivity index (χ4n) is 0.789. The zero-order chi connectivity index (χ0) is 9.23. The molecule has 0 aliphatic heterocycles. The molecule has 0 heterocycles. The quantitative estimate of drug-likeness (QED) is 0.441. The minimum absolute atomic E-state index is 0.219. The number of carbonyl (C=O) groups is 1. The topological polar surface area (TPSA) is 55.1 Å². The molecule has 3 heteroatoms. The summed E-state index contributed by atoms with van der Waals surface area (Å²) in [5.41, 5.74) is 4.97. The van der Waals surface area contributed by atoms with Crippen molar-refractivity contribution in [3.05, 3.63) is 0 Å². The fourth-order valence-corrected chi connectivity index (χ4v) is 0.789. The lowest BCUT2D eigenvalue weighted by atomic mass is 10.2. The van der Waals surface area contributed by atoms with Gasteiger partial charge < -0.3 is 11.1 Å². The first-order valence-corrected chi connectivity index (χ1v) is 4.16. The van der Waals surface area contributed by atoms with Crippen LogP contribution in [0, 0.1) is 11.8 Å². The SMILES string of the molecule is CC#CCNCCCCC(N)=O. The number of nitrogens with one attached hydrogen (secondary N) is 1. The molecule has 0 spiro atoms. The van der Waals surface area contributed by atoms with Crippen LogP contribution in [0.5, 0.6) is 0 Å². The highest BCUT2D eigenvalue weighted by molar-refractivity contribution is 5.73. The van der Waals surface area contributed by atoms with Gasteiger partial charge in [-0.2, -0.15) is 0 Å². The predicted octanol–water partition coefficient (Wildman–Crippen LogP) is 0.255. The lowest BCUT2D eigenvalue weighted by Gasteiger charge is -1.98. The Kier molecular flexibility index (Phi) is 7.41. The number of carbonyl (C=O) groups excluding carboxylic acids is 1. The number of hydrogen-bond acceptors (Lipinski definition) is 2. The highest BCUT2D eigenvalue weighted by Crippen LogP contribution is 1.91. The van der Waals surface area contributed by atoms with Gasteiger partial charge in [-0.3, -0.25) is 4.79 Å². The largest absolute Gasteiger partial charge is 0.370 e. The van der Waals surface area contributed by atoms with Gasteiger partial charge in [0.2, 0.25) is 5.91 Å². The summed E-state index contributed by atoms with van der Waals surface area (Å²) in [6.07, 6.45) is 2.33. The number of amides is 1. The van der Waals surface area contributed by atoms with E-state index in [0.29, 0.717) is 6.42 Å². The lowest BCUT2D eigenvalue weighted by Crippen LogP contribution is -2.16. The maximum absolute atomic E-state index is 10.3. The molecule has 0 aromatic heterocycles. The molecule has 68 valence electrons.